The summed E-state index contributed by atoms with van der Waals surface area (Å²) in [7, 11) is 0. The van der Waals surface area contributed by atoms with Gasteiger partial charge >= 0.3 is 0 Å². The molecule has 2 heterocycles. The van der Waals surface area contributed by atoms with Crippen molar-refractivity contribution < 1.29 is 0 Å². The SMILES string of the molecule is N#Cc1cc2ccccc2nc1N1CC(N)C1. The lowest BCUT2D eigenvalue weighted by Crippen LogP contribution is -2.56. The summed E-state index contributed by atoms with van der Waals surface area (Å²) in [6.07, 6.45) is 0. The Morgan fingerprint density at radius 2 is 2.12 bits per heavy atom. The Labute approximate surface area is 99.3 Å². The number of hydrogen-bond acceptors (Lipinski definition) is 4. The molecule has 1 aliphatic rings. The van der Waals surface area contributed by atoms with E-state index in [0.717, 1.165) is 29.8 Å². The monoisotopic (exact) mass is 224 g/mol. The van der Waals surface area contributed by atoms with Crippen molar-refractivity contribution in [2.45, 2.75) is 6.04 Å². The summed E-state index contributed by atoms with van der Waals surface area (Å²) in [5, 5.41) is 10.2. The molecule has 4 nitrogen and oxygen atoms in total. The summed E-state index contributed by atoms with van der Waals surface area (Å²) >= 11 is 0. The predicted octanol–water partition coefficient (Wildman–Crippen LogP) is 1.25. The molecule has 4 heteroatoms. The number of para-hydroxylation sites is 1. The first-order valence-corrected chi connectivity index (χ1v) is 5.58. The van der Waals surface area contributed by atoms with Crippen LogP contribution in [0.15, 0.2) is 30.3 Å². The van der Waals surface area contributed by atoms with Gasteiger partial charge in [-0.2, -0.15) is 5.26 Å². The molecule has 1 saturated heterocycles. The number of anilines is 1. The second-order valence-corrected chi connectivity index (χ2v) is 4.33. The van der Waals surface area contributed by atoms with Crippen molar-refractivity contribution in [3.05, 3.63) is 35.9 Å². The van der Waals surface area contributed by atoms with Gasteiger partial charge in [0.2, 0.25) is 0 Å². The summed E-state index contributed by atoms with van der Waals surface area (Å²) in [6, 6.07) is 12.1. The second kappa shape index (κ2) is 3.72. The minimum atomic E-state index is 0.204. The van der Waals surface area contributed by atoms with Crippen LogP contribution in [0.25, 0.3) is 10.9 Å². The number of aromatic nitrogens is 1. The van der Waals surface area contributed by atoms with E-state index in [2.05, 4.69) is 16.0 Å². The summed E-state index contributed by atoms with van der Waals surface area (Å²) < 4.78 is 0. The van der Waals surface area contributed by atoms with Gasteiger partial charge in [0.05, 0.1) is 11.1 Å². The van der Waals surface area contributed by atoms with E-state index in [4.69, 9.17) is 11.0 Å². The van der Waals surface area contributed by atoms with Gasteiger partial charge < -0.3 is 10.6 Å². The van der Waals surface area contributed by atoms with E-state index in [-0.39, 0.29) is 6.04 Å². The molecule has 0 spiro atoms. The van der Waals surface area contributed by atoms with Crippen molar-refractivity contribution in [2.75, 3.05) is 18.0 Å². The number of nitrogens with zero attached hydrogens (tertiary/aromatic N) is 3. The highest BCUT2D eigenvalue weighted by Gasteiger charge is 2.26. The number of fused-ring (bicyclic) bond motifs is 1. The van der Waals surface area contributed by atoms with Gasteiger partial charge in [-0.05, 0) is 12.1 Å². The van der Waals surface area contributed by atoms with Crippen LogP contribution in [0, 0.1) is 11.3 Å². The van der Waals surface area contributed by atoms with Crippen LogP contribution in [0.3, 0.4) is 0 Å². The molecule has 2 aromatic rings. The van der Waals surface area contributed by atoms with Crippen molar-refractivity contribution in [2.24, 2.45) is 5.73 Å². The van der Waals surface area contributed by atoms with E-state index in [9.17, 15) is 0 Å². The molecule has 0 aliphatic carbocycles. The second-order valence-electron chi connectivity index (χ2n) is 4.33. The first-order chi connectivity index (χ1) is 8.28. The number of nitrogens with two attached hydrogens (primary N) is 1. The highest BCUT2D eigenvalue weighted by molar-refractivity contribution is 5.83. The Morgan fingerprint density at radius 1 is 1.35 bits per heavy atom. The van der Waals surface area contributed by atoms with E-state index in [1.54, 1.807) is 0 Å². The van der Waals surface area contributed by atoms with Crippen LogP contribution in [-0.4, -0.2) is 24.1 Å². The molecule has 1 aromatic heterocycles. The molecule has 1 aliphatic heterocycles. The first kappa shape index (κ1) is 10.1. The fourth-order valence-electron chi connectivity index (χ4n) is 2.11. The lowest BCUT2D eigenvalue weighted by Gasteiger charge is -2.38. The average molecular weight is 224 g/mol. The Hall–Kier alpha value is -2.12. The highest BCUT2D eigenvalue weighted by atomic mass is 15.3. The molecule has 3 rings (SSSR count). The standard InChI is InChI=1S/C13H12N4/c14-6-10-5-9-3-1-2-4-12(9)16-13(10)17-7-11(15)8-17/h1-5,11H,7-8,15H2. The van der Waals surface area contributed by atoms with Gasteiger partial charge in [-0.25, -0.2) is 4.98 Å². The molecule has 0 bridgehead atoms. The molecule has 0 atom stereocenters. The maximum atomic E-state index is 9.16. The molecule has 0 saturated carbocycles. The zero-order valence-corrected chi connectivity index (χ0v) is 9.30. The zero-order chi connectivity index (χ0) is 11.8. The number of pyridine rings is 1. The lowest BCUT2D eigenvalue weighted by molar-refractivity contribution is 0.515. The summed E-state index contributed by atoms with van der Waals surface area (Å²) in [5.41, 5.74) is 7.30. The molecule has 17 heavy (non-hydrogen) atoms. The smallest absolute Gasteiger partial charge is 0.147 e. The van der Waals surface area contributed by atoms with E-state index in [0.29, 0.717) is 5.56 Å². The van der Waals surface area contributed by atoms with Crippen LogP contribution in [0.2, 0.25) is 0 Å². The molecule has 2 N–H and O–H groups in total. The minimum Gasteiger partial charge on any atom is -0.352 e. The topological polar surface area (TPSA) is 65.9 Å². The van der Waals surface area contributed by atoms with Crippen LogP contribution in [-0.2, 0) is 0 Å². The fraction of sp³-hybridized carbons (Fsp3) is 0.231. The average Bonchev–Trinajstić information content (AvgIpc) is 2.33. The van der Waals surface area contributed by atoms with Gasteiger partial charge in [0.1, 0.15) is 11.9 Å². The molecule has 1 fully saturated rings. The van der Waals surface area contributed by atoms with Gasteiger partial charge in [-0.1, -0.05) is 18.2 Å². The Kier molecular flexibility index (Phi) is 2.20. The summed E-state index contributed by atoms with van der Waals surface area (Å²) in [4.78, 5) is 6.60. The van der Waals surface area contributed by atoms with Crippen LogP contribution >= 0.6 is 0 Å². The summed E-state index contributed by atoms with van der Waals surface area (Å²) in [6.45, 7) is 1.56. The van der Waals surface area contributed by atoms with Crippen molar-refractivity contribution in [1.29, 1.82) is 5.26 Å². The van der Waals surface area contributed by atoms with Crippen molar-refractivity contribution in [3.63, 3.8) is 0 Å². The van der Waals surface area contributed by atoms with Gasteiger partial charge in [0, 0.05) is 24.5 Å². The van der Waals surface area contributed by atoms with Crippen LogP contribution in [0.1, 0.15) is 5.56 Å². The molecule has 0 unspecified atom stereocenters. The maximum Gasteiger partial charge on any atom is 0.147 e. The van der Waals surface area contributed by atoms with Gasteiger partial charge in [-0.3, -0.25) is 0 Å². The molecule has 0 amide bonds. The van der Waals surface area contributed by atoms with Crippen LogP contribution in [0.4, 0.5) is 5.82 Å². The lowest BCUT2D eigenvalue weighted by atomic mass is 10.1. The highest BCUT2D eigenvalue weighted by Crippen LogP contribution is 2.25. The van der Waals surface area contributed by atoms with Gasteiger partial charge in [0.15, 0.2) is 0 Å². The number of nitriles is 1. The number of hydrogen-bond donors (Lipinski definition) is 1. The third-order valence-electron chi connectivity index (χ3n) is 3.03. The van der Waals surface area contributed by atoms with Crippen LogP contribution < -0.4 is 10.6 Å². The van der Waals surface area contributed by atoms with Crippen LogP contribution in [0.5, 0.6) is 0 Å². The quantitative estimate of drug-likeness (QED) is 0.791. The molecule has 1 aromatic carbocycles. The van der Waals surface area contributed by atoms with E-state index >= 15 is 0 Å². The molecular formula is C13H12N4. The molecular weight excluding hydrogens is 212 g/mol. The van der Waals surface area contributed by atoms with Gasteiger partial charge in [-0.15, -0.1) is 0 Å². The zero-order valence-electron chi connectivity index (χ0n) is 9.30. The third-order valence-corrected chi connectivity index (χ3v) is 3.03. The predicted molar refractivity (Wildman–Crippen MR) is 66.6 cm³/mol. The van der Waals surface area contributed by atoms with Crippen molar-refractivity contribution in [3.8, 4) is 6.07 Å². The largest absolute Gasteiger partial charge is 0.352 e. The van der Waals surface area contributed by atoms with Crippen molar-refractivity contribution >= 4 is 16.7 Å². The maximum absolute atomic E-state index is 9.16. The van der Waals surface area contributed by atoms with Crippen molar-refractivity contribution in [1.82, 2.24) is 4.98 Å². The Balaban J connectivity index is 2.13. The third kappa shape index (κ3) is 1.61. The fourth-order valence-corrected chi connectivity index (χ4v) is 2.11. The molecule has 84 valence electrons. The Bertz CT molecular complexity index is 608. The summed E-state index contributed by atoms with van der Waals surface area (Å²) in [5.74, 6) is 0.757. The normalized spacial score (nSPS) is 15.6. The Morgan fingerprint density at radius 3 is 2.82 bits per heavy atom. The first-order valence-electron chi connectivity index (χ1n) is 5.58. The van der Waals surface area contributed by atoms with E-state index < -0.39 is 0 Å². The number of rotatable bonds is 1. The molecule has 0 radical (unpaired) electrons. The van der Waals surface area contributed by atoms with E-state index in [1.165, 1.54) is 0 Å². The minimum absolute atomic E-state index is 0.204. The van der Waals surface area contributed by atoms with Gasteiger partial charge in [0.25, 0.3) is 0 Å². The number of benzene rings is 1. The van der Waals surface area contributed by atoms with E-state index in [1.807, 2.05) is 30.3 Å².